The Morgan fingerprint density at radius 3 is 2.63 bits per heavy atom. The van der Waals surface area contributed by atoms with E-state index < -0.39 is 0 Å². The summed E-state index contributed by atoms with van der Waals surface area (Å²) in [5.74, 6) is 0.751. The Kier molecular flexibility index (Phi) is 5.86. The SMILES string of the molecule is CCC(N)C(OCC1CCCCC1)c1ccc(C)s1. The van der Waals surface area contributed by atoms with Crippen LogP contribution in [-0.4, -0.2) is 12.6 Å². The van der Waals surface area contributed by atoms with Crippen LogP contribution < -0.4 is 5.73 Å². The third-order valence-electron chi connectivity index (χ3n) is 4.14. The van der Waals surface area contributed by atoms with Crippen LogP contribution in [0.3, 0.4) is 0 Å². The summed E-state index contributed by atoms with van der Waals surface area (Å²) in [6.45, 7) is 5.17. The lowest BCUT2D eigenvalue weighted by Gasteiger charge is -2.27. The summed E-state index contributed by atoms with van der Waals surface area (Å²) in [7, 11) is 0. The molecule has 0 spiro atoms. The van der Waals surface area contributed by atoms with Gasteiger partial charge in [0.2, 0.25) is 0 Å². The molecule has 3 heteroatoms. The van der Waals surface area contributed by atoms with Crippen LogP contribution >= 0.6 is 11.3 Å². The molecule has 108 valence electrons. The summed E-state index contributed by atoms with van der Waals surface area (Å²) in [4.78, 5) is 2.63. The second-order valence-corrected chi connectivity index (χ2v) is 7.10. The molecule has 0 amide bonds. The van der Waals surface area contributed by atoms with Gasteiger partial charge in [0, 0.05) is 15.8 Å². The molecule has 0 aliphatic heterocycles. The first-order valence-electron chi connectivity index (χ1n) is 7.64. The van der Waals surface area contributed by atoms with Gasteiger partial charge in [0.05, 0.1) is 6.61 Å². The van der Waals surface area contributed by atoms with E-state index in [2.05, 4.69) is 26.0 Å². The number of aryl methyl sites for hydroxylation is 1. The molecule has 1 saturated carbocycles. The second-order valence-electron chi connectivity index (χ2n) is 5.78. The minimum absolute atomic E-state index is 0.0885. The molecule has 0 saturated heterocycles. The number of ether oxygens (including phenoxy) is 1. The summed E-state index contributed by atoms with van der Waals surface area (Å²) >= 11 is 1.82. The van der Waals surface area contributed by atoms with Crippen molar-refractivity contribution in [3.05, 3.63) is 21.9 Å². The molecule has 2 rings (SSSR count). The predicted octanol–water partition coefficient (Wildman–Crippen LogP) is 4.43. The lowest BCUT2D eigenvalue weighted by atomic mass is 9.90. The van der Waals surface area contributed by atoms with Gasteiger partial charge < -0.3 is 10.5 Å². The average molecular weight is 281 g/mol. The normalized spacial score (nSPS) is 20.4. The summed E-state index contributed by atoms with van der Waals surface area (Å²) < 4.78 is 6.22. The number of hydrogen-bond donors (Lipinski definition) is 1. The summed E-state index contributed by atoms with van der Waals surface area (Å²) in [5.41, 5.74) is 6.26. The largest absolute Gasteiger partial charge is 0.371 e. The van der Waals surface area contributed by atoms with Gasteiger partial charge >= 0.3 is 0 Å². The van der Waals surface area contributed by atoms with Gasteiger partial charge in [0.25, 0.3) is 0 Å². The molecule has 2 unspecified atom stereocenters. The average Bonchev–Trinajstić information content (AvgIpc) is 2.86. The van der Waals surface area contributed by atoms with Crippen molar-refractivity contribution in [3.8, 4) is 0 Å². The highest BCUT2D eigenvalue weighted by molar-refractivity contribution is 7.12. The minimum Gasteiger partial charge on any atom is -0.371 e. The first kappa shape index (κ1) is 15.0. The van der Waals surface area contributed by atoms with Crippen molar-refractivity contribution in [1.29, 1.82) is 0 Å². The van der Waals surface area contributed by atoms with Gasteiger partial charge in [-0.25, -0.2) is 0 Å². The van der Waals surface area contributed by atoms with E-state index in [1.807, 2.05) is 11.3 Å². The van der Waals surface area contributed by atoms with Crippen LogP contribution in [0.4, 0.5) is 0 Å². The van der Waals surface area contributed by atoms with Crippen molar-refractivity contribution in [2.24, 2.45) is 11.7 Å². The van der Waals surface area contributed by atoms with Gasteiger partial charge in [0.1, 0.15) is 6.10 Å². The number of rotatable bonds is 6. The maximum atomic E-state index is 6.26. The molecule has 0 aromatic carbocycles. The molecule has 1 aromatic rings. The molecule has 1 aliphatic carbocycles. The number of nitrogens with two attached hydrogens (primary N) is 1. The fourth-order valence-corrected chi connectivity index (χ4v) is 3.83. The molecule has 2 atom stereocenters. The fourth-order valence-electron chi connectivity index (χ4n) is 2.83. The first-order valence-corrected chi connectivity index (χ1v) is 8.46. The lowest BCUT2D eigenvalue weighted by molar-refractivity contribution is 0.00640. The highest BCUT2D eigenvalue weighted by atomic mass is 32.1. The molecule has 0 radical (unpaired) electrons. The predicted molar refractivity (Wildman–Crippen MR) is 82.6 cm³/mol. The molecule has 1 aromatic heterocycles. The molecule has 1 aliphatic rings. The Labute approximate surface area is 121 Å². The molecule has 0 bridgehead atoms. The van der Waals surface area contributed by atoms with E-state index in [9.17, 15) is 0 Å². The molecule has 19 heavy (non-hydrogen) atoms. The Morgan fingerprint density at radius 1 is 1.32 bits per heavy atom. The van der Waals surface area contributed by atoms with Crippen molar-refractivity contribution < 1.29 is 4.74 Å². The zero-order chi connectivity index (χ0) is 13.7. The summed E-state index contributed by atoms with van der Waals surface area (Å²) in [5, 5.41) is 0. The second kappa shape index (κ2) is 7.41. The van der Waals surface area contributed by atoms with E-state index in [0.717, 1.165) is 18.9 Å². The molecule has 2 N–H and O–H groups in total. The van der Waals surface area contributed by atoms with Crippen molar-refractivity contribution in [2.45, 2.75) is 64.5 Å². The van der Waals surface area contributed by atoms with Crippen molar-refractivity contribution in [1.82, 2.24) is 0 Å². The summed E-state index contributed by atoms with van der Waals surface area (Å²) in [6.07, 6.45) is 7.86. The van der Waals surface area contributed by atoms with Crippen LogP contribution in [0.5, 0.6) is 0 Å². The molecule has 2 nitrogen and oxygen atoms in total. The van der Waals surface area contributed by atoms with Gasteiger partial charge in [-0.2, -0.15) is 0 Å². The van der Waals surface area contributed by atoms with Gasteiger partial charge in [-0.1, -0.05) is 26.2 Å². The number of hydrogen-bond acceptors (Lipinski definition) is 3. The molecule has 1 fully saturated rings. The zero-order valence-corrected chi connectivity index (χ0v) is 13.0. The van der Waals surface area contributed by atoms with Crippen LogP contribution in [0.2, 0.25) is 0 Å². The maximum absolute atomic E-state index is 6.26. The van der Waals surface area contributed by atoms with E-state index in [1.54, 1.807) is 0 Å². The monoisotopic (exact) mass is 281 g/mol. The molecule has 1 heterocycles. The van der Waals surface area contributed by atoms with Crippen LogP contribution in [0, 0.1) is 12.8 Å². The third kappa shape index (κ3) is 4.30. The van der Waals surface area contributed by atoms with Gasteiger partial charge in [-0.05, 0) is 44.2 Å². The van der Waals surface area contributed by atoms with Crippen LogP contribution in [0.1, 0.15) is 61.3 Å². The van der Waals surface area contributed by atoms with Crippen LogP contribution in [0.25, 0.3) is 0 Å². The van der Waals surface area contributed by atoms with Gasteiger partial charge in [0.15, 0.2) is 0 Å². The van der Waals surface area contributed by atoms with E-state index >= 15 is 0 Å². The van der Waals surface area contributed by atoms with Crippen LogP contribution in [0.15, 0.2) is 12.1 Å². The van der Waals surface area contributed by atoms with Crippen molar-refractivity contribution in [2.75, 3.05) is 6.61 Å². The van der Waals surface area contributed by atoms with E-state index in [-0.39, 0.29) is 12.1 Å². The first-order chi connectivity index (χ1) is 9.20. The highest BCUT2D eigenvalue weighted by Crippen LogP contribution is 2.31. The smallest absolute Gasteiger partial charge is 0.107 e. The van der Waals surface area contributed by atoms with Crippen LogP contribution in [-0.2, 0) is 4.74 Å². The van der Waals surface area contributed by atoms with Gasteiger partial charge in [-0.3, -0.25) is 0 Å². The van der Waals surface area contributed by atoms with E-state index in [0.29, 0.717) is 0 Å². The summed E-state index contributed by atoms with van der Waals surface area (Å²) in [6, 6.07) is 4.46. The standard InChI is InChI=1S/C16H27NOS/c1-3-14(17)16(15-10-9-12(2)19-15)18-11-13-7-5-4-6-8-13/h9-10,13-14,16H,3-8,11,17H2,1-2H3. The number of thiophene rings is 1. The highest BCUT2D eigenvalue weighted by Gasteiger charge is 2.23. The van der Waals surface area contributed by atoms with E-state index in [1.165, 1.54) is 41.9 Å². The Hall–Kier alpha value is -0.380. The maximum Gasteiger partial charge on any atom is 0.107 e. The van der Waals surface area contributed by atoms with Crippen molar-refractivity contribution in [3.63, 3.8) is 0 Å². The Balaban J connectivity index is 1.93. The Morgan fingerprint density at radius 2 is 2.05 bits per heavy atom. The van der Waals surface area contributed by atoms with Gasteiger partial charge in [-0.15, -0.1) is 11.3 Å². The zero-order valence-electron chi connectivity index (χ0n) is 12.2. The van der Waals surface area contributed by atoms with Crippen molar-refractivity contribution >= 4 is 11.3 Å². The topological polar surface area (TPSA) is 35.2 Å². The quantitative estimate of drug-likeness (QED) is 0.837. The third-order valence-corrected chi connectivity index (χ3v) is 5.20. The molecular weight excluding hydrogens is 254 g/mol. The lowest BCUT2D eigenvalue weighted by Crippen LogP contribution is -2.30. The Bertz CT molecular complexity index is 371. The molecular formula is C16H27NOS. The van der Waals surface area contributed by atoms with E-state index in [4.69, 9.17) is 10.5 Å². The fraction of sp³-hybridized carbons (Fsp3) is 0.750. The minimum atomic E-state index is 0.0885.